The van der Waals surface area contributed by atoms with E-state index in [1.54, 1.807) is 12.1 Å². The van der Waals surface area contributed by atoms with Gasteiger partial charge < -0.3 is 10.6 Å². The molecule has 0 radical (unpaired) electrons. The number of rotatable bonds is 2. The van der Waals surface area contributed by atoms with Crippen LogP contribution in [-0.2, 0) is 0 Å². The minimum absolute atomic E-state index is 0.00352. The van der Waals surface area contributed by atoms with E-state index in [2.05, 4.69) is 10.6 Å². The number of halogens is 1. The molecule has 1 amide bonds. The van der Waals surface area contributed by atoms with Crippen molar-refractivity contribution in [2.45, 2.75) is 25.3 Å². The van der Waals surface area contributed by atoms with Crippen LogP contribution >= 0.6 is 22.9 Å². The molecule has 1 atom stereocenters. The van der Waals surface area contributed by atoms with Crippen LogP contribution in [0.1, 0.15) is 28.9 Å². The number of carbonyl (C=O) groups excluding carboxylic acids is 1. The molecule has 5 heteroatoms. The van der Waals surface area contributed by atoms with Crippen molar-refractivity contribution in [1.82, 2.24) is 10.6 Å². The largest absolute Gasteiger partial charge is 0.349 e. The fourth-order valence-corrected chi connectivity index (χ4v) is 2.80. The smallest absolute Gasteiger partial charge is 0.261 e. The molecule has 1 aliphatic rings. The molecule has 2 heterocycles. The lowest BCUT2D eigenvalue weighted by Gasteiger charge is -2.14. The molecule has 1 fully saturated rings. The van der Waals surface area contributed by atoms with Crippen LogP contribution in [0.5, 0.6) is 0 Å². The third-order valence-corrected chi connectivity index (χ3v) is 3.94. The Morgan fingerprint density at radius 1 is 1.44 bits per heavy atom. The predicted molar refractivity (Wildman–Crippen MR) is 67.3 cm³/mol. The summed E-state index contributed by atoms with van der Waals surface area (Å²) in [6, 6.07) is 3.83. The van der Waals surface area contributed by atoms with E-state index in [4.69, 9.17) is 11.6 Å². The summed E-state index contributed by atoms with van der Waals surface area (Å²) >= 11 is 7.13. The Morgan fingerprint density at radius 2 is 2.31 bits per heavy atom. The van der Waals surface area contributed by atoms with Gasteiger partial charge in [-0.05, 0) is 44.5 Å². The Labute approximate surface area is 104 Å². The molecule has 1 aliphatic heterocycles. The van der Waals surface area contributed by atoms with Crippen molar-refractivity contribution in [2.24, 2.45) is 0 Å². The van der Waals surface area contributed by atoms with Gasteiger partial charge in [0.25, 0.3) is 5.91 Å². The second-order valence-corrected chi connectivity index (χ2v) is 5.67. The van der Waals surface area contributed by atoms with E-state index in [1.165, 1.54) is 11.3 Å². The van der Waals surface area contributed by atoms with Gasteiger partial charge in [-0.3, -0.25) is 4.79 Å². The number of nitrogens with one attached hydrogen (secondary N) is 2. The third-order valence-electron chi connectivity index (χ3n) is 2.71. The highest BCUT2D eigenvalue weighted by Crippen LogP contribution is 2.21. The van der Waals surface area contributed by atoms with Gasteiger partial charge >= 0.3 is 0 Å². The molecule has 1 saturated heterocycles. The molecule has 0 bridgehead atoms. The van der Waals surface area contributed by atoms with Crippen molar-refractivity contribution in [1.29, 1.82) is 0 Å². The summed E-state index contributed by atoms with van der Waals surface area (Å²) in [6.45, 7) is 2.04. The Morgan fingerprint density at radius 3 is 3.06 bits per heavy atom. The monoisotopic (exact) mass is 258 g/mol. The SMILES string of the molecule is O=C(NC1CCCNCC1)c1ccc(Cl)s1. The van der Waals surface area contributed by atoms with E-state index >= 15 is 0 Å². The molecule has 16 heavy (non-hydrogen) atoms. The van der Waals surface area contributed by atoms with Gasteiger partial charge in [0.15, 0.2) is 0 Å². The Bertz CT molecular complexity index is 359. The average molecular weight is 259 g/mol. The molecular formula is C11H15ClN2OS. The highest BCUT2D eigenvalue weighted by molar-refractivity contribution is 7.17. The zero-order valence-corrected chi connectivity index (χ0v) is 10.5. The molecular weight excluding hydrogens is 244 g/mol. The zero-order valence-electron chi connectivity index (χ0n) is 8.96. The summed E-state index contributed by atoms with van der Waals surface area (Å²) in [7, 11) is 0. The van der Waals surface area contributed by atoms with Crippen LogP contribution in [0.3, 0.4) is 0 Å². The lowest BCUT2D eigenvalue weighted by atomic mass is 10.1. The number of thiophene rings is 1. The van der Waals surface area contributed by atoms with Crippen molar-refractivity contribution < 1.29 is 4.79 Å². The lowest BCUT2D eigenvalue weighted by molar-refractivity contribution is 0.0938. The lowest BCUT2D eigenvalue weighted by Crippen LogP contribution is -2.34. The van der Waals surface area contributed by atoms with Crippen LogP contribution < -0.4 is 10.6 Å². The van der Waals surface area contributed by atoms with Crippen LogP contribution in [0.25, 0.3) is 0 Å². The highest BCUT2D eigenvalue weighted by Gasteiger charge is 2.16. The van der Waals surface area contributed by atoms with Crippen LogP contribution in [0, 0.1) is 0 Å². The molecule has 0 aliphatic carbocycles. The average Bonchev–Trinajstić information content (AvgIpc) is 2.54. The predicted octanol–water partition coefficient (Wildman–Crippen LogP) is 2.27. The van der Waals surface area contributed by atoms with Gasteiger partial charge in [-0.1, -0.05) is 11.6 Å². The minimum atomic E-state index is 0.00352. The van der Waals surface area contributed by atoms with Gasteiger partial charge in [-0.25, -0.2) is 0 Å². The van der Waals surface area contributed by atoms with Gasteiger partial charge in [-0.2, -0.15) is 0 Å². The Balaban J connectivity index is 1.90. The van der Waals surface area contributed by atoms with E-state index in [0.29, 0.717) is 15.3 Å². The molecule has 3 nitrogen and oxygen atoms in total. The van der Waals surface area contributed by atoms with Crippen molar-refractivity contribution in [3.05, 3.63) is 21.3 Å². The molecule has 0 aromatic carbocycles. The van der Waals surface area contributed by atoms with E-state index in [-0.39, 0.29) is 5.91 Å². The van der Waals surface area contributed by atoms with Gasteiger partial charge in [0, 0.05) is 6.04 Å². The third kappa shape index (κ3) is 3.20. The second kappa shape index (κ2) is 5.66. The van der Waals surface area contributed by atoms with Crippen LogP contribution in [0.2, 0.25) is 4.34 Å². The van der Waals surface area contributed by atoms with E-state index < -0.39 is 0 Å². The maximum Gasteiger partial charge on any atom is 0.261 e. The highest BCUT2D eigenvalue weighted by atomic mass is 35.5. The molecule has 1 aromatic rings. The number of hydrogen-bond donors (Lipinski definition) is 2. The van der Waals surface area contributed by atoms with Crippen molar-refractivity contribution in [2.75, 3.05) is 13.1 Å². The maximum atomic E-state index is 11.9. The quantitative estimate of drug-likeness (QED) is 0.855. The summed E-state index contributed by atoms with van der Waals surface area (Å²) in [5.41, 5.74) is 0. The first kappa shape index (κ1) is 11.9. The van der Waals surface area contributed by atoms with Crippen LogP contribution in [0.4, 0.5) is 0 Å². The van der Waals surface area contributed by atoms with E-state index in [9.17, 15) is 4.79 Å². The standard InChI is InChI=1S/C11H15ClN2OS/c12-10-4-3-9(16-10)11(15)14-8-2-1-6-13-7-5-8/h3-4,8,13H,1-2,5-7H2,(H,14,15). The summed E-state index contributed by atoms with van der Waals surface area (Å²) in [6.07, 6.45) is 3.18. The van der Waals surface area contributed by atoms with E-state index in [1.807, 2.05) is 0 Å². The van der Waals surface area contributed by atoms with Crippen molar-refractivity contribution in [3.63, 3.8) is 0 Å². The second-order valence-electron chi connectivity index (χ2n) is 3.96. The molecule has 2 rings (SSSR count). The normalized spacial score (nSPS) is 21.4. The first-order valence-electron chi connectivity index (χ1n) is 5.52. The maximum absolute atomic E-state index is 11.9. The minimum Gasteiger partial charge on any atom is -0.349 e. The van der Waals surface area contributed by atoms with Crippen molar-refractivity contribution >= 4 is 28.8 Å². The number of amides is 1. The molecule has 88 valence electrons. The summed E-state index contributed by atoms with van der Waals surface area (Å²) in [5, 5.41) is 6.39. The summed E-state index contributed by atoms with van der Waals surface area (Å²) in [5.74, 6) is 0.00352. The fourth-order valence-electron chi connectivity index (χ4n) is 1.86. The van der Waals surface area contributed by atoms with Crippen LogP contribution in [-0.4, -0.2) is 25.0 Å². The van der Waals surface area contributed by atoms with Gasteiger partial charge in [0.2, 0.25) is 0 Å². The number of hydrogen-bond acceptors (Lipinski definition) is 3. The molecule has 0 saturated carbocycles. The first-order valence-corrected chi connectivity index (χ1v) is 6.72. The Hall–Kier alpha value is -0.580. The van der Waals surface area contributed by atoms with E-state index in [0.717, 1.165) is 32.4 Å². The summed E-state index contributed by atoms with van der Waals surface area (Å²) in [4.78, 5) is 12.6. The van der Waals surface area contributed by atoms with Crippen molar-refractivity contribution in [3.8, 4) is 0 Å². The topological polar surface area (TPSA) is 41.1 Å². The zero-order chi connectivity index (χ0) is 11.4. The Kier molecular flexibility index (Phi) is 4.21. The number of carbonyl (C=O) groups is 1. The van der Waals surface area contributed by atoms with Gasteiger partial charge in [0.05, 0.1) is 9.21 Å². The van der Waals surface area contributed by atoms with Gasteiger partial charge in [-0.15, -0.1) is 11.3 Å². The fraction of sp³-hybridized carbons (Fsp3) is 0.545. The molecule has 1 unspecified atom stereocenters. The summed E-state index contributed by atoms with van der Waals surface area (Å²) < 4.78 is 0.660. The molecule has 2 N–H and O–H groups in total. The van der Waals surface area contributed by atoms with Crippen LogP contribution in [0.15, 0.2) is 12.1 Å². The first-order chi connectivity index (χ1) is 7.75. The molecule has 1 aromatic heterocycles. The van der Waals surface area contributed by atoms with Gasteiger partial charge in [0.1, 0.15) is 0 Å². The molecule has 0 spiro atoms.